The Hall–Kier alpha value is -2.89. The summed E-state index contributed by atoms with van der Waals surface area (Å²) in [6, 6.07) is 12.7. The minimum absolute atomic E-state index is 0.00346. The van der Waals surface area contributed by atoms with E-state index in [1.54, 1.807) is 36.4 Å². The van der Waals surface area contributed by atoms with Crippen LogP contribution in [0.3, 0.4) is 0 Å². The van der Waals surface area contributed by atoms with E-state index in [4.69, 9.17) is 9.47 Å². The molecule has 0 amide bonds. The van der Waals surface area contributed by atoms with Crippen LogP contribution in [0.15, 0.2) is 48.5 Å². The maximum absolute atomic E-state index is 12.0. The number of esters is 1. The number of carbonyl (C=O) groups is 1. The van der Waals surface area contributed by atoms with Gasteiger partial charge in [-0.05, 0) is 48.4 Å². The van der Waals surface area contributed by atoms with E-state index >= 15 is 0 Å². The zero-order chi connectivity index (χ0) is 17.4. The summed E-state index contributed by atoms with van der Waals surface area (Å²) < 4.78 is 10.7. The van der Waals surface area contributed by atoms with E-state index in [9.17, 15) is 14.9 Å². The Bertz CT molecular complexity index is 680. The molecule has 0 saturated carbocycles. The highest BCUT2D eigenvalue weighted by Gasteiger charge is 2.09. The van der Waals surface area contributed by atoms with Crippen molar-refractivity contribution in [1.82, 2.24) is 0 Å². The van der Waals surface area contributed by atoms with Crippen molar-refractivity contribution in [3.8, 4) is 5.75 Å². The number of non-ortho nitro benzene ring substituents is 1. The first-order chi connectivity index (χ1) is 11.6. The third kappa shape index (κ3) is 5.08. The highest BCUT2D eigenvalue weighted by molar-refractivity contribution is 5.89. The van der Waals surface area contributed by atoms with Crippen molar-refractivity contribution in [1.29, 1.82) is 0 Å². The highest BCUT2D eigenvalue weighted by atomic mass is 16.6. The number of hydrogen-bond acceptors (Lipinski definition) is 5. The molecule has 0 bridgehead atoms. The van der Waals surface area contributed by atoms with Crippen LogP contribution in [0, 0.1) is 10.1 Å². The van der Waals surface area contributed by atoms with Gasteiger partial charge in [-0.2, -0.15) is 0 Å². The number of nitro groups is 1. The number of nitro benzene ring substituents is 1. The molecule has 0 saturated heterocycles. The quantitative estimate of drug-likeness (QED) is 0.315. The first-order valence-electron chi connectivity index (χ1n) is 7.73. The number of ether oxygens (including phenoxy) is 2. The minimum atomic E-state index is -0.472. The van der Waals surface area contributed by atoms with Crippen LogP contribution in [-0.4, -0.2) is 17.5 Å². The van der Waals surface area contributed by atoms with Gasteiger partial charge in [0.25, 0.3) is 5.69 Å². The summed E-state index contributed by atoms with van der Waals surface area (Å²) in [7, 11) is 0. The Kier molecular flexibility index (Phi) is 6.31. The van der Waals surface area contributed by atoms with Crippen LogP contribution in [0.4, 0.5) is 5.69 Å². The van der Waals surface area contributed by atoms with E-state index in [0.717, 1.165) is 18.6 Å². The molecule has 0 aromatic heterocycles. The van der Waals surface area contributed by atoms with Crippen molar-refractivity contribution in [2.45, 2.75) is 26.4 Å². The van der Waals surface area contributed by atoms with Crippen LogP contribution >= 0.6 is 0 Å². The molecule has 0 aliphatic rings. The SMILES string of the molecule is CCCCOc1ccc(C(=O)OCc2ccc([N+](=O)[O-])cc2)cc1. The van der Waals surface area contributed by atoms with Crippen molar-refractivity contribution < 1.29 is 19.2 Å². The molecule has 0 unspecified atom stereocenters. The predicted molar refractivity (Wildman–Crippen MR) is 89.1 cm³/mol. The van der Waals surface area contributed by atoms with Gasteiger partial charge in [0.05, 0.1) is 17.1 Å². The lowest BCUT2D eigenvalue weighted by Gasteiger charge is -2.07. The molecule has 0 N–H and O–H groups in total. The van der Waals surface area contributed by atoms with Gasteiger partial charge in [0, 0.05) is 12.1 Å². The molecule has 0 spiro atoms. The van der Waals surface area contributed by atoms with Gasteiger partial charge in [-0.3, -0.25) is 10.1 Å². The molecule has 0 fully saturated rings. The van der Waals surface area contributed by atoms with Gasteiger partial charge >= 0.3 is 5.97 Å². The number of nitrogens with zero attached hydrogens (tertiary/aromatic N) is 1. The molecule has 6 nitrogen and oxygen atoms in total. The van der Waals surface area contributed by atoms with E-state index in [1.807, 2.05) is 0 Å². The third-order valence-corrected chi connectivity index (χ3v) is 3.37. The van der Waals surface area contributed by atoms with Crippen LogP contribution in [0.2, 0.25) is 0 Å². The Morgan fingerprint density at radius 2 is 1.75 bits per heavy atom. The second-order valence-corrected chi connectivity index (χ2v) is 5.23. The topological polar surface area (TPSA) is 78.7 Å². The van der Waals surface area contributed by atoms with Crippen molar-refractivity contribution in [3.63, 3.8) is 0 Å². The van der Waals surface area contributed by atoms with E-state index in [1.165, 1.54) is 12.1 Å². The molecule has 0 aliphatic heterocycles. The molecule has 0 aliphatic carbocycles. The fourth-order valence-electron chi connectivity index (χ4n) is 1.97. The third-order valence-electron chi connectivity index (χ3n) is 3.37. The van der Waals surface area contributed by atoms with Gasteiger partial charge in [0.2, 0.25) is 0 Å². The maximum atomic E-state index is 12.0. The average Bonchev–Trinajstić information content (AvgIpc) is 2.61. The van der Waals surface area contributed by atoms with Crippen LogP contribution in [-0.2, 0) is 11.3 Å². The van der Waals surface area contributed by atoms with Crippen molar-refractivity contribution >= 4 is 11.7 Å². The van der Waals surface area contributed by atoms with E-state index in [-0.39, 0.29) is 12.3 Å². The summed E-state index contributed by atoms with van der Waals surface area (Å²) in [5.74, 6) is 0.267. The minimum Gasteiger partial charge on any atom is -0.494 e. The second-order valence-electron chi connectivity index (χ2n) is 5.23. The van der Waals surface area contributed by atoms with Crippen molar-refractivity contribution in [2.75, 3.05) is 6.61 Å². The van der Waals surface area contributed by atoms with Gasteiger partial charge in [-0.1, -0.05) is 13.3 Å². The standard InChI is InChI=1S/C18H19NO5/c1-2-3-12-23-17-10-6-15(7-11-17)18(20)24-13-14-4-8-16(9-5-14)19(21)22/h4-11H,2-3,12-13H2,1H3. The molecule has 126 valence electrons. The van der Waals surface area contributed by atoms with Gasteiger partial charge in [-0.15, -0.1) is 0 Å². The molecule has 0 atom stereocenters. The van der Waals surface area contributed by atoms with E-state index in [0.29, 0.717) is 17.7 Å². The largest absolute Gasteiger partial charge is 0.494 e. The predicted octanol–water partition coefficient (Wildman–Crippen LogP) is 4.13. The lowest BCUT2D eigenvalue weighted by atomic mass is 10.2. The maximum Gasteiger partial charge on any atom is 0.338 e. The fourth-order valence-corrected chi connectivity index (χ4v) is 1.97. The fraction of sp³-hybridized carbons (Fsp3) is 0.278. The van der Waals surface area contributed by atoms with E-state index < -0.39 is 10.9 Å². The molecule has 2 aromatic rings. The molecular weight excluding hydrogens is 310 g/mol. The van der Waals surface area contributed by atoms with Crippen molar-refractivity contribution in [3.05, 3.63) is 69.8 Å². The number of hydrogen-bond donors (Lipinski definition) is 0. The summed E-state index contributed by atoms with van der Waals surface area (Å²) in [4.78, 5) is 22.1. The monoisotopic (exact) mass is 329 g/mol. The summed E-state index contributed by atoms with van der Waals surface area (Å²) >= 11 is 0. The highest BCUT2D eigenvalue weighted by Crippen LogP contribution is 2.15. The van der Waals surface area contributed by atoms with Gasteiger partial charge in [0.1, 0.15) is 12.4 Å². The van der Waals surface area contributed by atoms with Gasteiger partial charge < -0.3 is 9.47 Å². The van der Waals surface area contributed by atoms with Crippen LogP contribution in [0.5, 0.6) is 5.75 Å². The molecule has 2 rings (SSSR count). The van der Waals surface area contributed by atoms with Crippen LogP contribution in [0.25, 0.3) is 0 Å². The molecule has 0 heterocycles. The zero-order valence-corrected chi connectivity index (χ0v) is 13.4. The normalized spacial score (nSPS) is 10.2. The average molecular weight is 329 g/mol. The summed E-state index contributed by atoms with van der Waals surface area (Å²) in [6.07, 6.45) is 2.05. The summed E-state index contributed by atoms with van der Waals surface area (Å²) in [5, 5.41) is 10.6. The Labute approximate surface area is 140 Å². The lowest BCUT2D eigenvalue weighted by Crippen LogP contribution is -2.05. The number of rotatable bonds is 8. The number of benzene rings is 2. The van der Waals surface area contributed by atoms with Crippen LogP contribution in [0.1, 0.15) is 35.7 Å². The zero-order valence-electron chi connectivity index (χ0n) is 13.4. The number of carbonyl (C=O) groups excluding carboxylic acids is 1. The smallest absolute Gasteiger partial charge is 0.338 e. The molecular formula is C18H19NO5. The van der Waals surface area contributed by atoms with Gasteiger partial charge in [0.15, 0.2) is 0 Å². The van der Waals surface area contributed by atoms with Gasteiger partial charge in [-0.25, -0.2) is 4.79 Å². The molecule has 6 heteroatoms. The number of unbranched alkanes of at least 4 members (excludes halogenated alkanes) is 1. The Balaban J connectivity index is 1.86. The Morgan fingerprint density at radius 3 is 2.33 bits per heavy atom. The second kappa shape index (κ2) is 8.67. The van der Waals surface area contributed by atoms with Crippen LogP contribution < -0.4 is 4.74 Å². The van der Waals surface area contributed by atoms with E-state index in [2.05, 4.69) is 6.92 Å². The van der Waals surface area contributed by atoms with Crippen molar-refractivity contribution in [2.24, 2.45) is 0 Å². The molecule has 24 heavy (non-hydrogen) atoms. The Morgan fingerprint density at radius 1 is 1.08 bits per heavy atom. The molecule has 0 radical (unpaired) electrons. The lowest BCUT2D eigenvalue weighted by molar-refractivity contribution is -0.384. The first kappa shape index (κ1) is 17.5. The molecule has 2 aromatic carbocycles. The summed E-state index contributed by atoms with van der Waals surface area (Å²) in [6.45, 7) is 2.80. The summed E-state index contributed by atoms with van der Waals surface area (Å²) in [5.41, 5.74) is 1.12. The first-order valence-corrected chi connectivity index (χ1v) is 7.73.